The maximum atomic E-state index is 6.13. The average Bonchev–Trinajstić information content (AvgIpc) is 2.52. The van der Waals surface area contributed by atoms with Crippen molar-refractivity contribution in [3.63, 3.8) is 0 Å². The monoisotopic (exact) mass is 230 g/mol. The third-order valence-corrected chi connectivity index (χ3v) is 3.27. The van der Waals surface area contributed by atoms with Crippen LogP contribution in [0.5, 0.6) is 0 Å². The zero-order valence-corrected chi connectivity index (χ0v) is 9.53. The summed E-state index contributed by atoms with van der Waals surface area (Å²) in [6.07, 6.45) is 2.11. The number of halogens is 2. The van der Waals surface area contributed by atoms with E-state index < -0.39 is 0 Å². The van der Waals surface area contributed by atoms with Gasteiger partial charge in [-0.15, -0.1) is 0 Å². The Morgan fingerprint density at radius 1 is 1.36 bits per heavy atom. The molecule has 1 aromatic rings. The zero-order chi connectivity index (χ0) is 10.2. The van der Waals surface area contributed by atoms with E-state index in [0.29, 0.717) is 10.0 Å². The largest absolute Gasteiger partial charge is 0.371 e. The molecular weight excluding hydrogens is 219 g/mol. The predicted molar refractivity (Wildman–Crippen MR) is 59.0 cm³/mol. The van der Waals surface area contributed by atoms with Gasteiger partial charge in [0.25, 0.3) is 0 Å². The highest BCUT2D eigenvalue weighted by molar-refractivity contribution is 6.35. The highest BCUT2D eigenvalue weighted by Gasteiger charge is 2.33. The summed E-state index contributed by atoms with van der Waals surface area (Å²) in [5.41, 5.74) is 0.822. The zero-order valence-electron chi connectivity index (χ0n) is 8.02. The van der Waals surface area contributed by atoms with Gasteiger partial charge in [0.2, 0.25) is 0 Å². The van der Waals surface area contributed by atoms with Crippen molar-refractivity contribution in [2.45, 2.75) is 25.4 Å². The molecule has 1 saturated heterocycles. The Morgan fingerprint density at radius 2 is 2.14 bits per heavy atom. The van der Waals surface area contributed by atoms with Gasteiger partial charge in [0, 0.05) is 22.2 Å². The molecule has 14 heavy (non-hydrogen) atoms. The summed E-state index contributed by atoms with van der Waals surface area (Å²) in [6.45, 7) is 2.89. The van der Waals surface area contributed by atoms with E-state index in [2.05, 4.69) is 6.92 Å². The first kappa shape index (κ1) is 10.3. The third kappa shape index (κ3) is 1.77. The van der Waals surface area contributed by atoms with E-state index >= 15 is 0 Å². The summed E-state index contributed by atoms with van der Waals surface area (Å²) in [4.78, 5) is 0. The Hall–Kier alpha value is -0.240. The second kappa shape index (κ2) is 3.73. The number of benzene rings is 1. The predicted octanol–water partition coefficient (Wildman–Crippen LogP) is 4.02. The van der Waals surface area contributed by atoms with Crippen molar-refractivity contribution in [1.82, 2.24) is 0 Å². The summed E-state index contributed by atoms with van der Waals surface area (Å²) >= 11 is 12.0. The highest BCUT2D eigenvalue weighted by Crippen LogP contribution is 2.39. The summed E-state index contributed by atoms with van der Waals surface area (Å²) in [5.74, 6) is 0. The summed E-state index contributed by atoms with van der Waals surface area (Å²) in [6, 6.07) is 5.58. The summed E-state index contributed by atoms with van der Waals surface area (Å²) < 4.78 is 5.72. The summed E-state index contributed by atoms with van der Waals surface area (Å²) in [7, 11) is 0. The normalized spacial score (nSPS) is 26.8. The average molecular weight is 231 g/mol. The van der Waals surface area contributed by atoms with Crippen LogP contribution in [-0.2, 0) is 10.3 Å². The van der Waals surface area contributed by atoms with Crippen molar-refractivity contribution in [3.8, 4) is 0 Å². The van der Waals surface area contributed by atoms with Crippen molar-refractivity contribution >= 4 is 23.2 Å². The molecule has 1 unspecified atom stereocenters. The molecule has 3 heteroatoms. The van der Waals surface area contributed by atoms with Crippen LogP contribution in [0.4, 0.5) is 0 Å². The number of ether oxygens (including phenoxy) is 1. The van der Waals surface area contributed by atoms with E-state index in [-0.39, 0.29) is 5.60 Å². The molecule has 0 N–H and O–H groups in total. The molecule has 0 aliphatic carbocycles. The molecule has 1 aliphatic rings. The van der Waals surface area contributed by atoms with E-state index in [4.69, 9.17) is 27.9 Å². The van der Waals surface area contributed by atoms with Gasteiger partial charge >= 0.3 is 0 Å². The summed E-state index contributed by atoms with van der Waals surface area (Å²) in [5, 5.41) is 1.36. The van der Waals surface area contributed by atoms with Crippen LogP contribution >= 0.6 is 23.2 Å². The lowest BCUT2D eigenvalue weighted by atomic mass is 9.93. The Labute approximate surface area is 94.0 Å². The van der Waals surface area contributed by atoms with Gasteiger partial charge in [-0.1, -0.05) is 29.3 Å². The van der Waals surface area contributed by atoms with Gasteiger partial charge in [-0.25, -0.2) is 0 Å². The molecule has 0 saturated carbocycles. The molecule has 1 aliphatic heterocycles. The first-order chi connectivity index (χ1) is 6.62. The van der Waals surface area contributed by atoms with Gasteiger partial charge in [0.1, 0.15) is 0 Å². The van der Waals surface area contributed by atoms with E-state index in [1.807, 2.05) is 12.1 Å². The lowest BCUT2D eigenvalue weighted by Crippen LogP contribution is -2.20. The molecule has 0 spiro atoms. The molecule has 1 atom stereocenters. The van der Waals surface area contributed by atoms with Crippen molar-refractivity contribution in [2.75, 3.05) is 6.61 Å². The number of hydrogen-bond donors (Lipinski definition) is 0. The first-order valence-corrected chi connectivity index (χ1v) is 5.47. The standard InChI is InChI=1S/C11H12Cl2O/c1-11(5-2-6-14-11)9-4-3-8(12)7-10(9)13/h3-4,7H,2,5-6H2,1H3. The van der Waals surface area contributed by atoms with Crippen LogP contribution in [0.3, 0.4) is 0 Å². The molecule has 0 bridgehead atoms. The highest BCUT2D eigenvalue weighted by atomic mass is 35.5. The van der Waals surface area contributed by atoms with Crippen LogP contribution in [0.25, 0.3) is 0 Å². The minimum Gasteiger partial charge on any atom is -0.371 e. The fourth-order valence-corrected chi connectivity index (χ4v) is 2.52. The molecule has 1 nitrogen and oxygen atoms in total. The molecule has 1 heterocycles. The van der Waals surface area contributed by atoms with E-state index in [1.54, 1.807) is 6.07 Å². The Kier molecular flexibility index (Phi) is 2.74. The molecule has 0 radical (unpaired) electrons. The second-order valence-corrected chi connectivity index (χ2v) is 4.65. The molecule has 2 rings (SSSR count). The Balaban J connectivity index is 2.40. The van der Waals surface area contributed by atoms with Gasteiger partial charge in [-0.2, -0.15) is 0 Å². The minimum atomic E-state index is -0.221. The third-order valence-electron chi connectivity index (χ3n) is 2.72. The maximum absolute atomic E-state index is 6.13. The molecule has 1 fully saturated rings. The van der Waals surface area contributed by atoms with Crippen LogP contribution in [0, 0.1) is 0 Å². The fourth-order valence-electron chi connectivity index (χ4n) is 1.91. The first-order valence-electron chi connectivity index (χ1n) is 4.71. The van der Waals surface area contributed by atoms with Crippen molar-refractivity contribution in [2.24, 2.45) is 0 Å². The van der Waals surface area contributed by atoms with Crippen LogP contribution < -0.4 is 0 Å². The van der Waals surface area contributed by atoms with Crippen molar-refractivity contribution in [3.05, 3.63) is 33.8 Å². The quantitative estimate of drug-likeness (QED) is 0.709. The van der Waals surface area contributed by atoms with Gasteiger partial charge in [-0.3, -0.25) is 0 Å². The fraction of sp³-hybridized carbons (Fsp3) is 0.455. The van der Waals surface area contributed by atoms with Gasteiger partial charge in [-0.05, 0) is 31.9 Å². The number of rotatable bonds is 1. The van der Waals surface area contributed by atoms with E-state index in [0.717, 1.165) is 25.0 Å². The van der Waals surface area contributed by atoms with Gasteiger partial charge in [0.05, 0.1) is 5.60 Å². The van der Waals surface area contributed by atoms with Gasteiger partial charge in [0.15, 0.2) is 0 Å². The lowest BCUT2D eigenvalue weighted by molar-refractivity contribution is 0.0169. The molecule has 76 valence electrons. The molecule has 1 aromatic carbocycles. The SMILES string of the molecule is CC1(c2ccc(Cl)cc2Cl)CCCO1. The Morgan fingerprint density at radius 3 is 2.71 bits per heavy atom. The van der Waals surface area contributed by atoms with Crippen LogP contribution in [0.15, 0.2) is 18.2 Å². The van der Waals surface area contributed by atoms with Crippen LogP contribution in [0.1, 0.15) is 25.3 Å². The maximum Gasteiger partial charge on any atom is 0.0918 e. The van der Waals surface area contributed by atoms with Crippen LogP contribution in [0.2, 0.25) is 10.0 Å². The van der Waals surface area contributed by atoms with E-state index in [9.17, 15) is 0 Å². The molecular formula is C11H12Cl2O. The smallest absolute Gasteiger partial charge is 0.0918 e. The van der Waals surface area contributed by atoms with Crippen LogP contribution in [-0.4, -0.2) is 6.61 Å². The number of hydrogen-bond acceptors (Lipinski definition) is 1. The molecule has 0 aromatic heterocycles. The molecule has 0 amide bonds. The van der Waals surface area contributed by atoms with Crippen molar-refractivity contribution < 1.29 is 4.74 Å². The Bertz CT molecular complexity index is 343. The lowest BCUT2D eigenvalue weighted by Gasteiger charge is -2.24. The van der Waals surface area contributed by atoms with Gasteiger partial charge < -0.3 is 4.74 Å². The van der Waals surface area contributed by atoms with Crippen molar-refractivity contribution in [1.29, 1.82) is 0 Å². The second-order valence-electron chi connectivity index (χ2n) is 3.81. The van der Waals surface area contributed by atoms with E-state index in [1.165, 1.54) is 0 Å². The minimum absolute atomic E-state index is 0.221. The topological polar surface area (TPSA) is 9.23 Å².